The van der Waals surface area contributed by atoms with Gasteiger partial charge in [0.15, 0.2) is 0 Å². The van der Waals surface area contributed by atoms with Gasteiger partial charge in [-0.05, 0) is 47.1 Å². The Hall–Kier alpha value is -0.680. The van der Waals surface area contributed by atoms with Crippen molar-refractivity contribution < 1.29 is 0 Å². The van der Waals surface area contributed by atoms with E-state index < -0.39 is 0 Å². The van der Waals surface area contributed by atoms with Crippen molar-refractivity contribution >= 4 is 27.3 Å². The topological polar surface area (TPSA) is 29.3 Å². The lowest BCUT2D eigenvalue weighted by molar-refractivity contribution is 0.242. The van der Waals surface area contributed by atoms with Gasteiger partial charge in [-0.2, -0.15) is 11.3 Å². The molecule has 2 aromatic rings. The SMILES string of the molecule is CN(Cc1cccc(Br)c1)C(CN)c1ccsc1. The second-order valence-corrected chi connectivity index (χ2v) is 6.05. The van der Waals surface area contributed by atoms with Crippen LogP contribution in [0.2, 0.25) is 0 Å². The third-order valence-corrected chi connectivity index (χ3v) is 4.20. The molecule has 0 bridgehead atoms. The first-order chi connectivity index (χ1) is 8.70. The van der Waals surface area contributed by atoms with Crippen molar-refractivity contribution in [1.82, 2.24) is 4.90 Å². The van der Waals surface area contributed by atoms with E-state index in [0.717, 1.165) is 11.0 Å². The molecule has 0 saturated carbocycles. The number of nitrogens with two attached hydrogens (primary N) is 1. The highest BCUT2D eigenvalue weighted by Gasteiger charge is 2.15. The van der Waals surface area contributed by atoms with Gasteiger partial charge in [0.25, 0.3) is 0 Å². The van der Waals surface area contributed by atoms with Crippen molar-refractivity contribution in [3.05, 3.63) is 56.7 Å². The molecule has 1 atom stereocenters. The van der Waals surface area contributed by atoms with Gasteiger partial charge >= 0.3 is 0 Å². The average molecular weight is 325 g/mol. The first kappa shape index (κ1) is 13.7. The average Bonchev–Trinajstić information content (AvgIpc) is 2.83. The lowest BCUT2D eigenvalue weighted by Gasteiger charge is -2.26. The molecule has 1 heterocycles. The van der Waals surface area contributed by atoms with Crippen LogP contribution in [0.4, 0.5) is 0 Å². The van der Waals surface area contributed by atoms with E-state index in [1.54, 1.807) is 11.3 Å². The maximum atomic E-state index is 5.90. The zero-order valence-electron chi connectivity index (χ0n) is 10.3. The van der Waals surface area contributed by atoms with Crippen LogP contribution in [0.25, 0.3) is 0 Å². The van der Waals surface area contributed by atoms with Crippen LogP contribution in [-0.4, -0.2) is 18.5 Å². The van der Waals surface area contributed by atoms with Crippen molar-refractivity contribution in [2.75, 3.05) is 13.6 Å². The molecule has 18 heavy (non-hydrogen) atoms. The molecule has 0 aliphatic rings. The summed E-state index contributed by atoms with van der Waals surface area (Å²) >= 11 is 5.22. The first-order valence-corrected chi connectivity index (χ1v) is 7.61. The van der Waals surface area contributed by atoms with Crippen LogP contribution in [0.15, 0.2) is 45.6 Å². The Morgan fingerprint density at radius 3 is 2.83 bits per heavy atom. The van der Waals surface area contributed by atoms with Gasteiger partial charge in [-0.15, -0.1) is 0 Å². The summed E-state index contributed by atoms with van der Waals surface area (Å²) in [5.41, 5.74) is 8.50. The molecule has 2 nitrogen and oxygen atoms in total. The van der Waals surface area contributed by atoms with E-state index in [9.17, 15) is 0 Å². The second-order valence-electron chi connectivity index (χ2n) is 4.35. The lowest BCUT2D eigenvalue weighted by atomic mass is 10.1. The fraction of sp³-hybridized carbons (Fsp3) is 0.286. The van der Waals surface area contributed by atoms with Crippen molar-refractivity contribution in [3.8, 4) is 0 Å². The van der Waals surface area contributed by atoms with E-state index in [0.29, 0.717) is 6.54 Å². The number of hydrogen-bond donors (Lipinski definition) is 1. The molecular weight excluding hydrogens is 308 g/mol. The summed E-state index contributed by atoms with van der Waals surface area (Å²) < 4.78 is 1.12. The van der Waals surface area contributed by atoms with Gasteiger partial charge in [0.2, 0.25) is 0 Å². The van der Waals surface area contributed by atoms with Gasteiger partial charge in [-0.25, -0.2) is 0 Å². The smallest absolute Gasteiger partial charge is 0.0479 e. The second kappa shape index (κ2) is 6.48. The fourth-order valence-electron chi connectivity index (χ4n) is 2.07. The standard InChI is InChI=1S/C14H17BrN2S/c1-17(9-11-3-2-4-13(15)7-11)14(8-16)12-5-6-18-10-12/h2-7,10,14H,8-9,16H2,1H3. The first-order valence-electron chi connectivity index (χ1n) is 5.87. The van der Waals surface area contributed by atoms with Crippen LogP contribution in [0, 0.1) is 0 Å². The van der Waals surface area contributed by atoms with E-state index in [-0.39, 0.29) is 6.04 Å². The molecule has 0 spiro atoms. The maximum absolute atomic E-state index is 5.90. The molecule has 0 amide bonds. The highest BCUT2D eigenvalue weighted by Crippen LogP contribution is 2.23. The summed E-state index contributed by atoms with van der Waals surface area (Å²) in [4.78, 5) is 2.30. The van der Waals surface area contributed by atoms with Crippen LogP contribution in [-0.2, 0) is 6.54 Å². The fourth-order valence-corrected chi connectivity index (χ4v) is 3.22. The van der Waals surface area contributed by atoms with Gasteiger partial charge in [0.05, 0.1) is 0 Å². The zero-order valence-corrected chi connectivity index (χ0v) is 12.7. The Bertz CT molecular complexity index is 484. The molecule has 96 valence electrons. The van der Waals surface area contributed by atoms with Gasteiger partial charge < -0.3 is 5.73 Å². The Labute approximate surface area is 121 Å². The highest BCUT2D eigenvalue weighted by atomic mass is 79.9. The van der Waals surface area contributed by atoms with Crippen molar-refractivity contribution in [2.45, 2.75) is 12.6 Å². The Morgan fingerprint density at radius 1 is 1.39 bits per heavy atom. The quantitative estimate of drug-likeness (QED) is 0.909. The predicted octanol–water partition coefficient (Wildman–Crippen LogP) is 3.64. The molecule has 2 N–H and O–H groups in total. The Balaban J connectivity index is 2.08. The van der Waals surface area contributed by atoms with Gasteiger partial charge in [0, 0.05) is 23.6 Å². The Kier molecular flexibility index (Phi) is 4.95. The van der Waals surface area contributed by atoms with E-state index >= 15 is 0 Å². The minimum atomic E-state index is 0.287. The third kappa shape index (κ3) is 3.42. The highest BCUT2D eigenvalue weighted by molar-refractivity contribution is 9.10. The van der Waals surface area contributed by atoms with Crippen molar-refractivity contribution in [1.29, 1.82) is 0 Å². The minimum absolute atomic E-state index is 0.287. The molecular formula is C14H17BrN2S. The summed E-state index contributed by atoms with van der Waals surface area (Å²) in [6.45, 7) is 1.54. The maximum Gasteiger partial charge on any atom is 0.0479 e. The van der Waals surface area contributed by atoms with Crippen LogP contribution in [0.1, 0.15) is 17.2 Å². The number of thiophene rings is 1. The van der Waals surface area contributed by atoms with Crippen LogP contribution >= 0.6 is 27.3 Å². The van der Waals surface area contributed by atoms with E-state index in [1.165, 1.54) is 11.1 Å². The largest absolute Gasteiger partial charge is 0.329 e. The van der Waals surface area contributed by atoms with Crippen LogP contribution < -0.4 is 5.73 Å². The lowest BCUT2D eigenvalue weighted by Crippen LogP contribution is -2.29. The normalized spacial score (nSPS) is 12.9. The minimum Gasteiger partial charge on any atom is -0.329 e. The molecule has 0 aliphatic carbocycles. The molecule has 1 aromatic heterocycles. The number of halogens is 1. The number of nitrogens with zero attached hydrogens (tertiary/aromatic N) is 1. The number of likely N-dealkylation sites (N-methyl/N-ethyl adjacent to an activating group) is 1. The summed E-state index contributed by atoms with van der Waals surface area (Å²) in [6, 6.07) is 10.8. The Morgan fingerprint density at radius 2 is 2.22 bits per heavy atom. The molecule has 4 heteroatoms. The van der Waals surface area contributed by atoms with Crippen LogP contribution in [0.5, 0.6) is 0 Å². The summed E-state index contributed by atoms with van der Waals surface area (Å²) in [5, 5.41) is 4.28. The molecule has 0 aliphatic heterocycles. The third-order valence-electron chi connectivity index (χ3n) is 3.00. The van der Waals surface area contributed by atoms with Crippen LogP contribution in [0.3, 0.4) is 0 Å². The van der Waals surface area contributed by atoms with E-state index in [2.05, 4.69) is 62.9 Å². The van der Waals surface area contributed by atoms with Crippen molar-refractivity contribution in [2.24, 2.45) is 5.73 Å². The molecule has 0 radical (unpaired) electrons. The summed E-state index contributed by atoms with van der Waals surface area (Å²) in [7, 11) is 2.12. The summed E-state index contributed by atoms with van der Waals surface area (Å²) in [5.74, 6) is 0. The number of benzene rings is 1. The molecule has 2 rings (SSSR count). The molecule has 1 aromatic carbocycles. The van der Waals surface area contributed by atoms with Gasteiger partial charge in [-0.3, -0.25) is 4.90 Å². The van der Waals surface area contributed by atoms with E-state index in [1.807, 2.05) is 6.07 Å². The van der Waals surface area contributed by atoms with Gasteiger partial charge in [0.1, 0.15) is 0 Å². The predicted molar refractivity (Wildman–Crippen MR) is 81.7 cm³/mol. The van der Waals surface area contributed by atoms with Crippen molar-refractivity contribution in [3.63, 3.8) is 0 Å². The zero-order chi connectivity index (χ0) is 13.0. The van der Waals surface area contributed by atoms with Gasteiger partial charge in [-0.1, -0.05) is 28.1 Å². The molecule has 1 unspecified atom stereocenters. The molecule has 0 fully saturated rings. The van der Waals surface area contributed by atoms with E-state index in [4.69, 9.17) is 5.73 Å². The molecule has 0 saturated heterocycles. The number of hydrogen-bond acceptors (Lipinski definition) is 3. The summed E-state index contributed by atoms with van der Waals surface area (Å²) in [6.07, 6.45) is 0. The number of rotatable bonds is 5. The monoisotopic (exact) mass is 324 g/mol.